The predicted molar refractivity (Wildman–Crippen MR) is 123 cm³/mol. The van der Waals surface area contributed by atoms with E-state index < -0.39 is 0 Å². The number of aliphatic imine (C=N–C) groups is 1. The Hall–Kier alpha value is -0.120. The van der Waals surface area contributed by atoms with Crippen molar-refractivity contribution in [2.45, 2.75) is 59.5 Å². The second kappa shape index (κ2) is 15.9. The van der Waals surface area contributed by atoms with Crippen molar-refractivity contribution >= 4 is 29.9 Å². The first-order chi connectivity index (χ1) is 12.1. The molecule has 1 aliphatic heterocycles. The topological polar surface area (TPSA) is 52.1 Å². The molecule has 7 heteroatoms. The third-order valence-corrected chi connectivity index (χ3v) is 4.92. The van der Waals surface area contributed by atoms with Gasteiger partial charge in [0.15, 0.2) is 5.96 Å². The molecule has 26 heavy (non-hydrogen) atoms. The zero-order chi connectivity index (χ0) is 18.5. The molecule has 6 nitrogen and oxygen atoms in total. The minimum atomic E-state index is 0. The van der Waals surface area contributed by atoms with Crippen LogP contribution in [-0.2, 0) is 4.74 Å². The fourth-order valence-corrected chi connectivity index (χ4v) is 3.14. The summed E-state index contributed by atoms with van der Waals surface area (Å²) in [6, 6.07) is 0.893. The van der Waals surface area contributed by atoms with E-state index >= 15 is 0 Å². The fourth-order valence-electron chi connectivity index (χ4n) is 3.14. The van der Waals surface area contributed by atoms with Crippen molar-refractivity contribution in [3.05, 3.63) is 0 Å². The van der Waals surface area contributed by atoms with Gasteiger partial charge >= 0.3 is 0 Å². The Morgan fingerprint density at radius 2 is 1.81 bits per heavy atom. The predicted octanol–water partition coefficient (Wildman–Crippen LogP) is 2.39. The molecule has 0 aromatic heterocycles. The lowest BCUT2D eigenvalue weighted by atomic mass is 10.2. The molecule has 0 aromatic rings. The highest BCUT2D eigenvalue weighted by Crippen LogP contribution is 2.04. The molecule has 1 heterocycles. The maximum atomic E-state index is 5.43. The molecule has 156 valence electrons. The van der Waals surface area contributed by atoms with Crippen molar-refractivity contribution in [3.63, 3.8) is 0 Å². The number of nitrogens with zero attached hydrogens (tertiary/aromatic N) is 3. The molecule has 2 atom stereocenters. The van der Waals surface area contributed by atoms with Crippen LogP contribution in [0, 0.1) is 0 Å². The van der Waals surface area contributed by atoms with E-state index in [4.69, 9.17) is 9.73 Å². The Labute approximate surface area is 178 Å². The third-order valence-electron chi connectivity index (χ3n) is 4.92. The van der Waals surface area contributed by atoms with Crippen LogP contribution in [0.3, 0.4) is 0 Å². The molecule has 0 spiro atoms. The van der Waals surface area contributed by atoms with Crippen molar-refractivity contribution < 1.29 is 4.74 Å². The van der Waals surface area contributed by atoms with Gasteiger partial charge in [-0.15, -0.1) is 24.0 Å². The van der Waals surface area contributed by atoms with Crippen LogP contribution >= 0.6 is 24.0 Å². The van der Waals surface area contributed by atoms with Crippen molar-refractivity contribution in [2.24, 2.45) is 4.99 Å². The molecule has 1 saturated heterocycles. The molecular formula is C19H42IN5O. The molecule has 1 rings (SSSR count). The maximum absolute atomic E-state index is 5.43. The van der Waals surface area contributed by atoms with Crippen LogP contribution in [-0.4, -0.2) is 86.9 Å². The average Bonchev–Trinajstić information content (AvgIpc) is 2.64. The minimum absolute atomic E-state index is 0. The standard InChI is InChI=1S/C19H41N5O.HI/c1-6-20-19(21-16-18(5)24-12-14-25-15-13-24)22-17(4)10-9-11-23(7-2)8-3;/h17-18H,6-16H2,1-5H3,(H2,20,21,22);1H. The van der Waals surface area contributed by atoms with E-state index in [9.17, 15) is 0 Å². The molecule has 0 aliphatic carbocycles. The maximum Gasteiger partial charge on any atom is 0.191 e. The Morgan fingerprint density at radius 3 is 2.38 bits per heavy atom. The number of hydrogen-bond donors (Lipinski definition) is 2. The van der Waals surface area contributed by atoms with Crippen LogP contribution in [0.4, 0.5) is 0 Å². The highest BCUT2D eigenvalue weighted by Gasteiger charge is 2.16. The highest BCUT2D eigenvalue weighted by molar-refractivity contribution is 14.0. The first-order valence-corrected chi connectivity index (χ1v) is 10.2. The van der Waals surface area contributed by atoms with Crippen molar-refractivity contribution in [1.29, 1.82) is 0 Å². The van der Waals surface area contributed by atoms with Gasteiger partial charge in [0.05, 0.1) is 19.8 Å². The van der Waals surface area contributed by atoms with Crippen LogP contribution in [0.5, 0.6) is 0 Å². The Balaban J connectivity index is 0.00000625. The first-order valence-electron chi connectivity index (χ1n) is 10.2. The lowest BCUT2D eigenvalue weighted by Crippen LogP contribution is -2.45. The van der Waals surface area contributed by atoms with Gasteiger partial charge in [0.25, 0.3) is 0 Å². The number of ether oxygens (including phenoxy) is 1. The number of nitrogens with one attached hydrogen (secondary N) is 2. The van der Waals surface area contributed by atoms with Crippen LogP contribution in [0.1, 0.15) is 47.5 Å². The average molecular weight is 483 g/mol. The molecule has 0 amide bonds. The summed E-state index contributed by atoms with van der Waals surface area (Å²) in [6.07, 6.45) is 2.39. The lowest BCUT2D eigenvalue weighted by Gasteiger charge is -2.31. The van der Waals surface area contributed by atoms with Gasteiger partial charge < -0.3 is 20.3 Å². The molecule has 1 aliphatic rings. The molecule has 0 saturated carbocycles. The van der Waals surface area contributed by atoms with E-state index in [1.807, 2.05) is 0 Å². The van der Waals surface area contributed by atoms with Gasteiger partial charge in [-0.25, -0.2) is 0 Å². The quantitative estimate of drug-likeness (QED) is 0.269. The summed E-state index contributed by atoms with van der Waals surface area (Å²) in [4.78, 5) is 9.75. The summed E-state index contributed by atoms with van der Waals surface area (Å²) in [7, 11) is 0. The summed E-state index contributed by atoms with van der Waals surface area (Å²) in [5, 5.41) is 6.94. The van der Waals surface area contributed by atoms with E-state index in [0.717, 1.165) is 58.4 Å². The number of morpholine rings is 1. The van der Waals surface area contributed by atoms with Gasteiger partial charge in [-0.3, -0.25) is 9.89 Å². The smallest absolute Gasteiger partial charge is 0.191 e. The zero-order valence-corrected chi connectivity index (χ0v) is 19.9. The fraction of sp³-hybridized carbons (Fsp3) is 0.947. The molecular weight excluding hydrogens is 441 g/mol. The zero-order valence-electron chi connectivity index (χ0n) is 17.6. The second-order valence-corrected chi connectivity index (χ2v) is 6.93. The van der Waals surface area contributed by atoms with E-state index in [1.54, 1.807) is 0 Å². The summed E-state index contributed by atoms with van der Waals surface area (Å²) in [5.41, 5.74) is 0. The Morgan fingerprint density at radius 1 is 1.15 bits per heavy atom. The lowest BCUT2D eigenvalue weighted by molar-refractivity contribution is 0.0220. The van der Waals surface area contributed by atoms with Crippen molar-refractivity contribution in [3.8, 4) is 0 Å². The van der Waals surface area contributed by atoms with Gasteiger partial charge in [0.2, 0.25) is 0 Å². The summed E-state index contributed by atoms with van der Waals surface area (Å²) in [5.74, 6) is 0.943. The third kappa shape index (κ3) is 10.9. The normalized spacial score (nSPS) is 18.3. The molecule has 2 N–H and O–H groups in total. The van der Waals surface area contributed by atoms with Crippen molar-refractivity contribution in [2.75, 3.05) is 59.0 Å². The monoisotopic (exact) mass is 483 g/mol. The molecule has 0 aromatic carbocycles. The molecule has 2 unspecified atom stereocenters. The van der Waals surface area contributed by atoms with E-state index in [-0.39, 0.29) is 24.0 Å². The summed E-state index contributed by atoms with van der Waals surface area (Å²) in [6.45, 7) is 20.0. The van der Waals surface area contributed by atoms with Crippen LogP contribution < -0.4 is 10.6 Å². The Kier molecular flexibility index (Phi) is 15.8. The molecule has 0 bridgehead atoms. The van der Waals surface area contributed by atoms with Gasteiger partial charge in [0, 0.05) is 31.7 Å². The second-order valence-electron chi connectivity index (χ2n) is 6.93. The van der Waals surface area contributed by atoms with Crippen LogP contribution in [0.2, 0.25) is 0 Å². The van der Waals surface area contributed by atoms with Crippen LogP contribution in [0.15, 0.2) is 4.99 Å². The van der Waals surface area contributed by atoms with Gasteiger partial charge in [-0.2, -0.15) is 0 Å². The van der Waals surface area contributed by atoms with E-state index in [2.05, 4.69) is 55.1 Å². The minimum Gasteiger partial charge on any atom is -0.379 e. The van der Waals surface area contributed by atoms with E-state index in [1.165, 1.54) is 19.4 Å². The SMILES string of the molecule is CCNC(=NCC(C)N1CCOCC1)NC(C)CCCN(CC)CC.I. The number of hydrogen-bond acceptors (Lipinski definition) is 4. The highest BCUT2D eigenvalue weighted by atomic mass is 127. The number of halogens is 1. The van der Waals surface area contributed by atoms with E-state index in [0.29, 0.717) is 12.1 Å². The van der Waals surface area contributed by atoms with Gasteiger partial charge in [-0.05, 0) is 53.2 Å². The Bertz CT molecular complexity index is 360. The first kappa shape index (κ1) is 25.9. The molecule has 0 radical (unpaired) electrons. The summed E-state index contributed by atoms with van der Waals surface area (Å²) >= 11 is 0. The summed E-state index contributed by atoms with van der Waals surface area (Å²) < 4.78 is 5.43. The van der Waals surface area contributed by atoms with Gasteiger partial charge in [0.1, 0.15) is 0 Å². The largest absolute Gasteiger partial charge is 0.379 e. The number of rotatable bonds is 11. The van der Waals surface area contributed by atoms with Crippen LogP contribution in [0.25, 0.3) is 0 Å². The number of guanidine groups is 1. The van der Waals surface area contributed by atoms with Gasteiger partial charge in [-0.1, -0.05) is 13.8 Å². The van der Waals surface area contributed by atoms with Crippen molar-refractivity contribution in [1.82, 2.24) is 20.4 Å². The molecule has 1 fully saturated rings.